The number of amides is 1. The predicted molar refractivity (Wildman–Crippen MR) is 87.1 cm³/mol. The van der Waals surface area contributed by atoms with Crippen LogP contribution in [0, 0.1) is 0 Å². The van der Waals surface area contributed by atoms with Gasteiger partial charge in [0.1, 0.15) is 0 Å². The van der Waals surface area contributed by atoms with Crippen molar-refractivity contribution in [2.24, 2.45) is 0 Å². The second-order valence-electron chi connectivity index (χ2n) is 5.76. The lowest BCUT2D eigenvalue weighted by Crippen LogP contribution is -2.53. The number of unbranched alkanes of at least 4 members (excludes halogenated alkanes) is 1. The number of hydroxylamine groups is 1. The van der Waals surface area contributed by atoms with E-state index in [0.29, 0.717) is 6.54 Å². The zero-order valence-electron chi connectivity index (χ0n) is 13.3. The van der Waals surface area contributed by atoms with Crippen LogP contribution in [0.25, 0.3) is 0 Å². The second kappa shape index (κ2) is 9.56. The molecule has 1 aliphatic rings. The SMILES string of the molecule is CCCCON[C@@H]1CC[C@@H](C(=O)NCc2ccccc2)NC1. The van der Waals surface area contributed by atoms with Gasteiger partial charge in [-0.1, -0.05) is 43.7 Å². The summed E-state index contributed by atoms with van der Waals surface area (Å²) in [7, 11) is 0. The molecule has 0 saturated carbocycles. The molecule has 5 heteroatoms. The van der Waals surface area contributed by atoms with Gasteiger partial charge in [0.2, 0.25) is 5.91 Å². The first-order valence-electron chi connectivity index (χ1n) is 8.22. The van der Waals surface area contributed by atoms with Crippen LogP contribution >= 0.6 is 0 Å². The molecule has 1 aromatic carbocycles. The fourth-order valence-corrected chi connectivity index (χ4v) is 2.48. The third kappa shape index (κ3) is 5.75. The lowest BCUT2D eigenvalue weighted by Gasteiger charge is -2.29. The summed E-state index contributed by atoms with van der Waals surface area (Å²) in [6.45, 7) is 4.23. The summed E-state index contributed by atoms with van der Waals surface area (Å²) in [5.74, 6) is 0.0780. The van der Waals surface area contributed by atoms with Crippen LogP contribution in [-0.2, 0) is 16.2 Å². The molecular formula is C17H27N3O2. The molecule has 1 fully saturated rings. The summed E-state index contributed by atoms with van der Waals surface area (Å²) >= 11 is 0. The summed E-state index contributed by atoms with van der Waals surface area (Å²) in [5, 5.41) is 6.28. The highest BCUT2D eigenvalue weighted by molar-refractivity contribution is 5.81. The fourth-order valence-electron chi connectivity index (χ4n) is 2.48. The van der Waals surface area contributed by atoms with E-state index in [1.807, 2.05) is 30.3 Å². The predicted octanol–water partition coefficient (Wildman–Crippen LogP) is 1.74. The topological polar surface area (TPSA) is 62.4 Å². The smallest absolute Gasteiger partial charge is 0.237 e. The molecule has 22 heavy (non-hydrogen) atoms. The Bertz CT molecular complexity index is 431. The van der Waals surface area contributed by atoms with Gasteiger partial charge in [-0.05, 0) is 24.8 Å². The van der Waals surface area contributed by atoms with E-state index in [0.717, 1.165) is 44.4 Å². The molecule has 2 rings (SSSR count). The summed E-state index contributed by atoms with van der Waals surface area (Å²) < 4.78 is 0. The average molecular weight is 305 g/mol. The molecule has 0 bridgehead atoms. The highest BCUT2D eigenvalue weighted by Gasteiger charge is 2.25. The zero-order chi connectivity index (χ0) is 15.6. The van der Waals surface area contributed by atoms with Crippen LogP contribution in [0.15, 0.2) is 30.3 Å². The van der Waals surface area contributed by atoms with Gasteiger partial charge in [-0.3, -0.25) is 4.79 Å². The van der Waals surface area contributed by atoms with E-state index >= 15 is 0 Å². The molecule has 1 saturated heterocycles. The minimum atomic E-state index is -0.0996. The highest BCUT2D eigenvalue weighted by atomic mass is 16.6. The number of rotatable bonds is 8. The Morgan fingerprint density at radius 3 is 2.82 bits per heavy atom. The van der Waals surface area contributed by atoms with Gasteiger partial charge >= 0.3 is 0 Å². The summed E-state index contributed by atoms with van der Waals surface area (Å²) in [6.07, 6.45) is 3.98. The first-order valence-corrected chi connectivity index (χ1v) is 8.22. The Balaban J connectivity index is 1.62. The van der Waals surface area contributed by atoms with Crippen LogP contribution < -0.4 is 16.1 Å². The van der Waals surface area contributed by atoms with Crippen molar-refractivity contribution in [2.45, 2.75) is 51.2 Å². The summed E-state index contributed by atoms with van der Waals surface area (Å²) in [4.78, 5) is 17.6. The van der Waals surface area contributed by atoms with E-state index in [9.17, 15) is 4.79 Å². The van der Waals surface area contributed by atoms with Crippen LogP contribution in [0.5, 0.6) is 0 Å². The maximum Gasteiger partial charge on any atom is 0.237 e. The van der Waals surface area contributed by atoms with Gasteiger partial charge in [0, 0.05) is 19.1 Å². The molecule has 1 aromatic rings. The Hall–Kier alpha value is -1.43. The van der Waals surface area contributed by atoms with Crippen LogP contribution in [0.2, 0.25) is 0 Å². The number of hydrogen-bond acceptors (Lipinski definition) is 4. The van der Waals surface area contributed by atoms with Gasteiger partial charge in [0.15, 0.2) is 0 Å². The van der Waals surface area contributed by atoms with E-state index in [-0.39, 0.29) is 18.0 Å². The van der Waals surface area contributed by atoms with Crippen molar-refractivity contribution < 1.29 is 9.63 Å². The quantitative estimate of drug-likeness (QED) is 0.506. The van der Waals surface area contributed by atoms with Crippen LogP contribution in [-0.4, -0.2) is 31.1 Å². The number of carbonyl (C=O) groups is 1. The van der Waals surface area contributed by atoms with Crippen LogP contribution in [0.3, 0.4) is 0 Å². The van der Waals surface area contributed by atoms with Gasteiger partial charge in [-0.2, -0.15) is 5.48 Å². The van der Waals surface area contributed by atoms with Crippen molar-refractivity contribution in [3.63, 3.8) is 0 Å². The van der Waals surface area contributed by atoms with Gasteiger partial charge in [0.05, 0.1) is 12.6 Å². The van der Waals surface area contributed by atoms with Gasteiger partial charge < -0.3 is 15.5 Å². The van der Waals surface area contributed by atoms with Crippen molar-refractivity contribution >= 4 is 5.91 Å². The average Bonchev–Trinajstić information content (AvgIpc) is 2.58. The molecule has 0 unspecified atom stereocenters. The van der Waals surface area contributed by atoms with Crippen molar-refractivity contribution in [2.75, 3.05) is 13.2 Å². The van der Waals surface area contributed by atoms with E-state index in [1.54, 1.807) is 0 Å². The van der Waals surface area contributed by atoms with Crippen molar-refractivity contribution in [3.05, 3.63) is 35.9 Å². The largest absolute Gasteiger partial charge is 0.351 e. The number of carbonyl (C=O) groups excluding carboxylic acids is 1. The van der Waals surface area contributed by atoms with Crippen LogP contribution in [0.4, 0.5) is 0 Å². The Morgan fingerprint density at radius 1 is 1.32 bits per heavy atom. The molecule has 2 atom stereocenters. The van der Waals surface area contributed by atoms with Gasteiger partial charge in [-0.15, -0.1) is 0 Å². The van der Waals surface area contributed by atoms with E-state index in [2.05, 4.69) is 23.0 Å². The summed E-state index contributed by atoms with van der Waals surface area (Å²) in [6, 6.07) is 10.2. The normalized spacial score (nSPS) is 21.5. The number of nitrogens with one attached hydrogen (secondary N) is 3. The minimum absolute atomic E-state index is 0.0780. The minimum Gasteiger partial charge on any atom is -0.351 e. The van der Waals surface area contributed by atoms with Crippen molar-refractivity contribution in [1.82, 2.24) is 16.1 Å². The molecule has 1 heterocycles. The van der Waals surface area contributed by atoms with Crippen molar-refractivity contribution in [3.8, 4) is 0 Å². The molecule has 1 aliphatic heterocycles. The maximum atomic E-state index is 12.2. The molecule has 0 aromatic heterocycles. The molecule has 3 N–H and O–H groups in total. The third-order valence-corrected chi connectivity index (χ3v) is 3.89. The zero-order valence-corrected chi connectivity index (χ0v) is 13.3. The van der Waals surface area contributed by atoms with Gasteiger partial charge in [-0.25, -0.2) is 0 Å². The second-order valence-corrected chi connectivity index (χ2v) is 5.76. The summed E-state index contributed by atoms with van der Waals surface area (Å²) in [5.41, 5.74) is 4.20. The standard InChI is InChI=1S/C17H27N3O2/c1-2-3-11-22-20-15-9-10-16(18-13-15)17(21)19-12-14-7-5-4-6-8-14/h4-8,15-16,18,20H,2-3,9-13H2,1H3,(H,19,21)/t15-,16+/m1/s1. The Kier molecular flexibility index (Phi) is 7.36. The fraction of sp³-hybridized carbons (Fsp3) is 0.588. The highest BCUT2D eigenvalue weighted by Crippen LogP contribution is 2.09. The number of piperidine rings is 1. The van der Waals surface area contributed by atoms with Crippen LogP contribution in [0.1, 0.15) is 38.2 Å². The third-order valence-electron chi connectivity index (χ3n) is 3.89. The number of benzene rings is 1. The monoisotopic (exact) mass is 305 g/mol. The molecular weight excluding hydrogens is 278 g/mol. The molecule has 5 nitrogen and oxygen atoms in total. The number of hydrogen-bond donors (Lipinski definition) is 3. The first kappa shape index (κ1) is 16.9. The lowest BCUT2D eigenvalue weighted by atomic mass is 10.0. The first-order chi connectivity index (χ1) is 10.8. The molecule has 0 spiro atoms. The molecule has 122 valence electrons. The maximum absolute atomic E-state index is 12.2. The Morgan fingerprint density at radius 2 is 2.14 bits per heavy atom. The van der Waals surface area contributed by atoms with Crippen molar-refractivity contribution in [1.29, 1.82) is 0 Å². The van der Waals surface area contributed by atoms with E-state index < -0.39 is 0 Å². The Labute approximate surface area is 132 Å². The van der Waals surface area contributed by atoms with E-state index in [4.69, 9.17) is 4.84 Å². The van der Waals surface area contributed by atoms with Gasteiger partial charge in [0.25, 0.3) is 0 Å². The molecule has 1 amide bonds. The molecule has 0 radical (unpaired) electrons. The molecule has 0 aliphatic carbocycles. The lowest BCUT2D eigenvalue weighted by molar-refractivity contribution is -0.124. The van der Waals surface area contributed by atoms with E-state index in [1.165, 1.54) is 0 Å².